The number of nitrogens with one attached hydrogen (secondary N) is 2. The Morgan fingerprint density at radius 3 is 2.74 bits per heavy atom. The van der Waals surface area contributed by atoms with E-state index in [1.54, 1.807) is 18.2 Å². The van der Waals surface area contributed by atoms with Crippen LogP contribution in [0, 0.1) is 0 Å². The Morgan fingerprint density at radius 1 is 1.26 bits per heavy atom. The monoisotopic (exact) mass is 264 g/mol. The molecule has 19 heavy (non-hydrogen) atoms. The van der Waals surface area contributed by atoms with Crippen LogP contribution in [-0.2, 0) is 11.3 Å². The number of benzene rings is 1. The van der Waals surface area contributed by atoms with E-state index in [0.717, 1.165) is 12.0 Å². The largest absolute Gasteiger partial charge is 0.478 e. The van der Waals surface area contributed by atoms with Crippen molar-refractivity contribution in [3.8, 4) is 0 Å². The minimum Gasteiger partial charge on any atom is -0.478 e. The lowest BCUT2D eigenvalue weighted by atomic mass is 10.1. The summed E-state index contributed by atoms with van der Waals surface area (Å²) in [5, 5.41) is 14.8. The van der Waals surface area contributed by atoms with Gasteiger partial charge in [0.2, 0.25) is 5.91 Å². The standard InChI is InChI=1S/C14H20N2O3/c1-2-7-16-13(17)6-8-15-10-11-4-3-5-12(9-11)14(18)19/h3-5,9,15H,2,6-8,10H2,1H3,(H,16,17)(H,18,19). The van der Waals surface area contributed by atoms with Crippen LogP contribution < -0.4 is 10.6 Å². The van der Waals surface area contributed by atoms with Crippen LogP contribution >= 0.6 is 0 Å². The predicted octanol–water partition coefficient (Wildman–Crippen LogP) is 1.39. The molecule has 5 heteroatoms. The third kappa shape index (κ3) is 6.01. The lowest BCUT2D eigenvalue weighted by Gasteiger charge is -2.06. The number of aromatic carboxylic acids is 1. The summed E-state index contributed by atoms with van der Waals surface area (Å²) in [6.07, 6.45) is 1.36. The highest BCUT2D eigenvalue weighted by atomic mass is 16.4. The molecule has 1 aromatic rings. The van der Waals surface area contributed by atoms with Gasteiger partial charge in [0.15, 0.2) is 0 Å². The zero-order valence-electron chi connectivity index (χ0n) is 11.1. The quantitative estimate of drug-likeness (QED) is 0.620. The molecular formula is C14H20N2O3. The second kappa shape index (κ2) is 8.26. The Morgan fingerprint density at radius 2 is 2.05 bits per heavy atom. The first-order valence-corrected chi connectivity index (χ1v) is 6.43. The number of hydrogen-bond acceptors (Lipinski definition) is 3. The fourth-order valence-electron chi connectivity index (χ4n) is 1.60. The van der Waals surface area contributed by atoms with E-state index in [-0.39, 0.29) is 11.5 Å². The summed E-state index contributed by atoms with van der Waals surface area (Å²) in [5.41, 5.74) is 1.17. The Hall–Kier alpha value is -1.88. The average molecular weight is 264 g/mol. The molecular weight excluding hydrogens is 244 g/mol. The number of carboxylic acids is 1. The molecule has 0 heterocycles. The molecule has 0 aliphatic carbocycles. The maximum absolute atomic E-state index is 11.3. The number of amides is 1. The first-order chi connectivity index (χ1) is 9.13. The fourth-order valence-corrected chi connectivity index (χ4v) is 1.60. The summed E-state index contributed by atoms with van der Waals surface area (Å²) in [4.78, 5) is 22.1. The lowest BCUT2D eigenvalue weighted by molar-refractivity contribution is -0.120. The third-order valence-electron chi connectivity index (χ3n) is 2.60. The van der Waals surface area contributed by atoms with Crippen molar-refractivity contribution in [2.24, 2.45) is 0 Å². The molecule has 0 saturated carbocycles. The molecule has 1 amide bonds. The van der Waals surface area contributed by atoms with Crippen molar-refractivity contribution in [2.75, 3.05) is 13.1 Å². The molecule has 5 nitrogen and oxygen atoms in total. The molecule has 0 unspecified atom stereocenters. The minimum absolute atomic E-state index is 0.0358. The van der Waals surface area contributed by atoms with Crippen molar-refractivity contribution >= 4 is 11.9 Å². The maximum atomic E-state index is 11.3. The van der Waals surface area contributed by atoms with Gasteiger partial charge < -0.3 is 15.7 Å². The Labute approximate surface area is 113 Å². The van der Waals surface area contributed by atoms with Gasteiger partial charge in [0.25, 0.3) is 0 Å². The highest BCUT2D eigenvalue weighted by molar-refractivity contribution is 5.87. The van der Waals surface area contributed by atoms with E-state index in [9.17, 15) is 9.59 Å². The first kappa shape index (κ1) is 15.2. The molecule has 0 saturated heterocycles. The molecule has 0 fully saturated rings. The highest BCUT2D eigenvalue weighted by Gasteiger charge is 2.03. The number of rotatable bonds is 8. The zero-order chi connectivity index (χ0) is 14.1. The third-order valence-corrected chi connectivity index (χ3v) is 2.60. The average Bonchev–Trinajstić information content (AvgIpc) is 2.41. The van der Waals surface area contributed by atoms with Gasteiger partial charge in [-0.05, 0) is 24.1 Å². The fraction of sp³-hybridized carbons (Fsp3) is 0.429. The molecule has 1 rings (SSSR count). The van der Waals surface area contributed by atoms with E-state index < -0.39 is 5.97 Å². The van der Waals surface area contributed by atoms with Gasteiger partial charge in [-0.15, -0.1) is 0 Å². The summed E-state index contributed by atoms with van der Waals surface area (Å²) in [7, 11) is 0. The zero-order valence-corrected chi connectivity index (χ0v) is 11.1. The minimum atomic E-state index is -0.930. The van der Waals surface area contributed by atoms with Crippen LogP contribution in [0.4, 0.5) is 0 Å². The summed E-state index contributed by atoms with van der Waals surface area (Å²) in [6.45, 7) is 3.85. The van der Waals surface area contributed by atoms with Crippen molar-refractivity contribution in [1.82, 2.24) is 10.6 Å². The van der Waals surface area contributed by atoms with Crippen LogP contribution in [0.2, 0.25) is 0 Å². The maximum Gasteiger partial charge on any atom is 0.335 e. The Balaban J connectivity index is 2.27. The number of carbonyl (C=O) groups excluding carboxylic acids is 1. The van der Waals surface area contributed by atoms with Gasteiger partial charge in [-0.2, -0.15) is 0 Å². The Bertz CT molecular complexity index is 432. The van der Waals surface area contributed by atoms with E-state index in [2.05, 4.69) is 10.6 Å². The van der Waals surface area contributed by atoms with Gasteiger partial charge in [0, 0.05) is 26.1 Å². The van der Waals surface area contributed by atoms with Crippen molar-refractivity contribution < 1.29 is 14.7 Å². The van der Waals surface area contributed by atoms with E-state index in [1.165, 1.54) is 0 Å². The topological polar surface area (TPSA) is 78.4 Å². The lowest BCUT2D eigenvalue weighted by Crippen LogP contribution is -2.28. The van der Waals surface area contributed by atoms with Crippen LogP contribution in [0.25, 0.3) is 0 Å². The molecule has 0 radical (unpaired) electrons. The van der Waals surface area contributed by atoms with Crippen molar-refractivity contribution in [3.63, 3.8) is 0 Å². The summed E-state index contributed by atoms with van der Waals surface area (Å²) < 4.78 is 0. The van der Waals surface area contributed by atoms with Gasteiger partial charge in [-0.3, -0.25) is 4.79 Å². The first-order valence-electron chi connectivity index (χ1n) is 6.43. The van der Waals surface area contributed by atoms with Gasteiger partial charge >= 0.3 is 5.97 Å². The number of carboxylic acid groups (broad SMARTS) is 1. The van der Waals surface area contributed by atoms with E-state index in [1.807, 2.05) is 13.0 Å². The van der Waals surface area contributed by atoms with Crippen LogP contribution in [0.15, 0.2) is 24.3 Å². The summed E-state index contributed by atoms with van der Waals surface area (Å²) in [5.74, 6) is -0.894. The van der Waals surface area contributed by atoms with E-state index >= 15 is 0 Å². The second-order valence-electron chi connectivity index (χ2n) is 4.28. The van der Waals surface area contributed by atoms with Crippen LogP contribution in [0.5, 0.6) is 0 Å². The molecule has 0 bridgehead atoms. The highest BCUT2D eigenvalue weighted by Crippen LogP contribution is 2.04. The van der Waals surface area contributed by atoms with E-state index in [0.29, 0.717) is 26.1 Å². The summed E-state index contributed by atoms with van der Waals surface area (Å²) in [6, 6.07) is 6.77. The van der Waals surface area contributed by atoms with Gasteiger partial charge in [0.05, 0.1) is 5.56 Å². The molecule has 0 atom stereocenters. The number of carbonyl (C=O) groups is 2. The molecule has 1 aromatic carbocycles. The molecule has 0 aliphatic heterocycles. The number of hydrogen-bond donors (Lipinski definition) is 3. The van der Waals surface area contributed by atoms with Gasteiger partial charge in [-0.1, -0.05) is 19.1 Å². The second-order valence-corrected chi connectivity index (χ2v) is 4.28. The molecule has 0 aliphatic rings. The molecule has 104 valence electrons. The van der Waals surface area contributed by atoms with Crippen molar-refractivity contribution in [1.29, 1.82) is 0 Å². The SMILES string of the molecule is CCCNC(=O)CCNCc1cccc(C(=O)O)c1. The van der Waals surface area contributed by atoms with Gasteiger partial charge in [0.1, 0.15) is 0 Å². The molecule has 3 N–H and O–H groups in total. The normalized spacial score (nSPS) is 10.2. The van der Waals surface area contributed by atoms with Crippen molar-refractivity contribution in [3.05, 3.63) is 35.4 Å². The smallest absolute Gasteiger partial charge is 0.335 e. The van der Waals surface area contributed by atoms with E-state index in [4.69, 9.17) is 5.11 Å². The van der Waals surface area contributed by atoms with Crippen LogP contribution in [0.3, 0.4) is 0 Å². The van der Waals surface area contributed by atoms with Crippen LogP contribution in [-0.4, -0.2) is 30.1 Å². The molecule has 0 aromatic heterocycles. The van der Waals surface area contributed by atoms with Gasteiger partial charge in [-0.25, -0.2) is 4.79 Å². The Kier molecular flexibility index (Phi) is 6.60. The summed E-state index contributed by atoms with van der Waals surface area (Å²) >= 11 is 0. The predicted molar refractivity (Wildman–Crippen MR) is 73.0 cm³/mol. The van der Waals surface area contributed by atoms with Crippen molar-refractivity contribution in [2.45, 2.75) is 26.3 Å². The van der Waals surface area contributed by atoms with Crippen LogP contribution in [0.1, 0.15) is 35.7 Å². The molecule has 0 spiro atoms.